The molecule has 2 aliphatic heterocycles. The molecule has 0 N–H and O–H groups in total. The molecule has 10 aromatic rings. The normalized spacial score (nSPS) is 15.9. The van der Waals surface area contributed by atoms with E-state index in [-0.39, 0.29) is 21.7 Å². The summed E-state index contributed by atoms with van der Waals surface area (Å²) >= 11 is 1.97. The van der Waals surface area contributed by atoms with Crippen LogP contribution in [0.3, 0.4) is 0 Å². The van der Waals surface area contributed by atoms with Crippen LogP contribution in [0.4, 0.5) is 17.1 Å². The standard InChI is InChI=1S/C72H59NOS/c1-69(2)55-24-14-12-20-53(55)63-57(69)40-42-60-66(63)74-65-51(22-16-26-59(65)71(60,5)6)46-30-36-49(37-31-46)73(48-34-28-45(29-35-48)44-18-10-9-11-19-44)50-38-32-47(33-39-50)52-23-17-27-61-67(52)75-68-62(72(61,7)8)43-41-58-64(68)54-21-13-15-25-56(54)70(58,3)4/h9-43H,1-8H3. The summed E-state index contributed by atoms with van der Waals surface area (Å²) in [6, 6.07) is 79.0. The van der Waals surface area contributed by atoms with Crippen molar-refractivity contribution in [3.8, 4) is 67.1 Å². The number of fused-ring (bicyclic) bond motifs is 12. The molecule has 4 aliphatic rings. The maximum atomic E-state index is 7.30. The zero-order valence-electron chi connectivity index (χ0n) is 44.0. The van der Waals surface area contributed by atoms with E-state index in [1.165, 1.54) is 98.8 Å². The van der Waals surface area contributed by atoms with Crippen molar-refractivity contribution in [1.82, 2.24) is 0 Å². The van der Waals surface area contributed by atoms with Gasteiger partial charge in [0.05, 0.1) is 0 Å². The Morgan fingerprint density at radius 1 is 0.280 bits per heavy atom. The predicted molar refractivity (Wildman–Crippen MR) is 314 cm³/mol. The molecule has 0 saturated heterocycles. The third-order valence-electron chi connectivity index (χ3n) is 17.6. The molecule has 0 aromatic heterocycles. The van der Waals surface area contributed by atoms with Crippen LogP contribution in [0.2, 0.25) is 0 Å². The molecule has 10 aromatic carbocycles. The van der Waals surface area contributed by atoms with Gasteiger partial charge in [0.1, 0.15) is 11.5 Å². The van der Waals surface area contributed by atoms with Crippen molar-refractivity contribution in [2.45, 2.75) is 86.8 Å². The summed E-state index contributed by atoms with van der Waals surface area (Å²) < 4.78 is 7.30. The lowest BCUT2D eigenvalue weighted by Crippen LogP contribution is -2.25. The third kappa shape index (κ3) is 6.66. The topological polar surface area (TPSA) is 12.5 Å². The zero-order valence-corrected chi connectivity index (χ0v) is 44.8. The first-order valence-electron chi connectivity index (χ1n) is 26.6. The first kappa shape index (κ1) is 45.7. The number of ether oxygens (including phenoxy) is 1. The lowest BCUT2D eigenvalue weighted by atomic mass is 9.73. The van der Waals surface area contributed by atoms with Crippen LogP contribution in [0, 0.1) is 0 Å². The second kappa shape index (κ2) is 16.3. The van der Waals surface area contributed by atoms with Crippen LogP contribution in [0.5, 0.6) is 11.5 Å². The Morgan fingerprint density at radius 3 is 1.28 bits per heavy atom. The highest BCUT2D eigenvalue weighted by molar-refractivity contribution is 7.99. The second-order valence-electron chi connectivity index (χ2n) is 23.2. The van der Waals surface area contributed by atoms with Crippen molar-refractivity contribution in [1.29, 1.82) is 0 Å². The molecule has 364 valence electrons. The van der Waals surface area contributed by atoms with E-state index in [4.69, 9.17) is 4.74 Å². The van der Waals surface area contributed by atoms with E-state index in [1.807, 2.05) is 11.8 Å². The van der Waals surface area contributed by atoms with Crippen LogP contribution in [0.15, 0.2) is 222 Å². The summed E-state index contributed by atoms with van der Waals surface area (Å²) in [5, 5.41) is 0. The molecular weight excluding hydrogens is 927 g/mol. The molecule has 0 radical (unpaired) electrons. The first-order chi connectivity index (χ1) is 36.2. The van der Waals surface area contributed by atoms with Crippen molar-refractivity contribution < 1.29 is 4.74 Å². The van der Waals surface area contributed by atoms with Gasteiger partial charge in [-0.1, -0.05) is 243 Å². The molecule has 0 unspecified atom stereocenters. The maximum Gasteiger partial charge on any atom is 0.139 e. The fourth-order valence-corrected chi connectivity index (χ4v) is 15.1. The van der Waals surface area contributed by atoms with Gasteiger partial charge in [0.2, 0.25) is 0 Å². The maximum absolute atomic E-state index is 7.30. The number of anilines is 3. The van der Waals surface area contributed by atoms with Crippen molar-refractivity contribution >= 4 is 28.8 Å². The summed E-state index contributed by atoms with van der Waals surface area (Å²) in [4.78, 5) is 5.13. The Labute approximate surface area is 446 Å². The van der Waals surface area contributed by atoms with E-state index >= 15 is 0 Å². The Balaban J connectivity index is 0.844. The molecule has 75 heavy (non-hydrogen) atoms. The summed E-state index contributed by atoms with van der Waals surface area (Å²) in [7, 11) is 0. The molecule has 0 saturated carbocycles. The lowest BCUT2D eigenvalue weighted by Gasteiger charge is -2.37. The van der Waals surface area contributed by atoms with Crippen molar-refractivity contribution in [3.63, 3.8) is 0 Å². The van der Waals surface area contributed by atoms with Gasteiger partial charge < -0.3 is 9.64 Å². The minimum absolute atomic E-state index is 0.0548. The van der Waals surface area contributed by atoms with E-state index in [1.54, 1.807) is 0 Å². The fourth-order valence-electron chi connectivity index (χ4n) is 13.4. The van der Waals surface area contributed by atoms with E-state index < -0.39 is 0 Å². The molecule has 0 amide bonds. The highest BCUT2D eigenvalue weighted by Gasteiger charge is 2.45. The number of para-hydroxylation sites is 1. The Morgan fingerprint density at radius 2 is 0.667 bits per heavy atom. The monoisotopic (exact) mass is 985 g/mol. The van der Waals surface area contributed by atoms with Gasteiger partial charge in [0, 0.05) is 76.3 Å². The Kier molecular flexibility index (Phi) is 9.96. The van der Waals surface area contributed by atoms with Crippen LogP contribution in [0.1, 0.15) is 99.9 Å². The van der Waals surface area contributed by atoms with E-state index in [0.717, 1.165) is 39.7 Å². The molecule has 2 aliphatic carbocycles. The number of nitrogens with zero attached hydrogens (tertiary/aromatic N) is 1. The predicted octanol–water partition coefficient (Wildman–Crippen LogP) is 20.0. The van der Waals surface area contributed by atoms with E-state index in [9.17, 15) is 0 Å². The van der Waals surface area contributed by atoms with Gasteiger partial charge in [0.15, 0.2) is 0 Å². The number of benzene rings is 10. The first-order valence-corrected chi connectivity index (χ1v) is 27.4. The molecule has 0 spiro atoms. The minimum atomic E-state index is -0.272. The molecular formula is C72H59NOS. The Bertz CT molecular complexity index is 3750. The average molecular weight is 986 g/mol. The number of hydrogen-bond donors (Lipinski definition) is 0. The van der Waals surface area contributed by atoms with Crippen molar-refractivity contribution in [3.05, 3.63) is 257 Å². The smallest absolute Gasteiger partial charge is 0.139 e. The fraction of sp³-hybridized carbons (Fsp3) is 0.167. The summed E-state index contributed by atoms with van der Waals surface area (Å²) in [6.45, 7) is 19.0. The largest absolute Gasteiger partial charge is 0.455 e. The van der Waals surface area contributed by atoms with Crippen LogP contribution in [-0.4, -0.2) is 0 Å². The zero-order chi connectivity index (χ0) is 51.2. The van der Waals surface area contributed by atoms with Crippen LogP contribution in [0.25, 0.3) is 55.6 Å². The average Bonchev–Trinajstić information content (AvgIpc) is 3.82. The van der Waals surface area contributed by atoms with Gasteiger partial charge >= 0.3 is 0 Å². The van der Waals surface area contributed by atoms with Crippen molar-refractivity contribution in [2.75, 3.05) is 4.90 Å². The molecule has 14 rings (SSSR count). The van der Waals surface area contributed by atoms with E-state index in [0.29, 0.717) is 0 Å². The molecule has 2 nitrogen and oxygen atoms in total. The van der Waals surface area contributed by atoms with Crippen LogP contribution in [-0.2, 0) is 21.7 Å². The highest BCUT2D eigenvalue weighted by atomic mass is 32.2. The SMILES string of the molecule is CC1(C)c2cccc(-c3ccc(N(c4ccc(-c5ccccc5)cc4)c4ccc(-c5cccc6c5Sc5c(ccc7c5-c5ccccc5C7(C)C)C6(C)C)cc4)cc3)c2Oc2c1ccc1c2-c2ccccc2C1(C)C. The second-order valence-corrected chi connectivity index (χ2v) is 24.3. The van der Waals surface area contributed by atoms with Gasteiger partial charge in [-0.25, -0.2) is 0 Å². The Hall–Kier alpha value is -7.85. The summed E-state index contributed by atoms with van der Waals surface area (Å²) in [5.74, 6) is 1.93. The molecule has 3 heteroatoms. The molecule has 0 fully saturated rings. The lowest BCUT2D eigenvalue weighted by molar-refractivity contribution is 0.420. The number of rotatable bonds is 6. The van der Waals surface area contributed by atoms with Gasteiger partial charge in [-0.05, 0) is 109 Å². The summed E-state index contributed by atoms with van der Waals surface area (Å²) in [5.41, 5.74) is 25.7. The van der Waals surface area contributed by atoms with Gasteiger partial charge in [-0.15, -0.1) is 0 Å². The number of hydrogen-bond acceptors (Lipinski definition) is 3. The van der Waals surface area contributed by atoms with Gasteiger partial charge in [-0.2, -0.15) is 0 Å². The van der Waals surface area contributed by atoms with Gasteiger partial charge in [-0.3, -0.25) is 0 Å². The minimum Gasteiger partial charge on any atom is -0.455 e. The van der Waals surface area contributed by atoms with Crippen LogP contribution < -0.4 is 9.64 Å². The van der Waals surface area contributed by atoms with E-state index in [2.05, 4.69) is 273 Å². The molecule has 0 atom stereocenters. The quantitative estimate of drug-likeness (QED) is 0.165. The van der Waals surface area contributed by atoms with Crippen LogP contribution >= 0.6 is 11.8 Å². The molecule has 2 heterocycles. The highest BCUT2D eigenvalue weighted by Crippen LogP contribution is 2.62. The van der Waals surface area contributed by atoms with Gasteiger partial charge in [0.25, 0.3) is 0 Å². The summed E-state index contributed by atoms with van der Waals surface area (Å²) in [6.07, 6.45) is 0. The van der Waals surface area contributed by atoms with Crippen molar-refractivity contribution in [2.24, 2.45) is 0 Å². The molecule has 0 bridgehead atoms. The third-order valence-corrected chi connectivity index (χ3v) is 18.9.